The molecule has 0 saturated heterocycles. The lowest BCUT2D eigenvalue weighted by molar-refractivity contribution is 0.660. The Morgan fingerprint density at radius 1 is 0.426 bits per heavy atom. The van der Waals surface area contributed by atoms with E-state index in [1.54, 1.807) is 0 Å². The predicted molar refractivity (Wildman–Crippen MR) is 232 cm³/mol. The van der Waals surface area contributed by atoms with Crippen LogP contribution in [0.1, 0.15) is 49.9 Å². The summed E-state index contributed by atoms with van der Waals surface area (Å²) < 4.78 is 2.68. The van der Waals surface area contributed by atoms with E-state index in [1.807, 2.05) is 11.3 Å². The fraction of sp³-hybridized carbons (Fsp3) is 0.115. The highest BCUT2D eigenvalue weighted by Crippen LogP contribution is 2.55. The van der Waals surface area contributed by atoms with E-state index in [0.717, 1.165) is 5.69 Å². The molecule has 9 aromatic rings. The van der Waals surface area contributed by atoms with Crippen molar-refractivity contribution in [2.45, 2.75) is 38.5 Å². The van der Waals surface area contributed by atoms with Crippen molar-refractivity contribution in [2.24, 2.45) is 0 Å². The lowest BCUT2D eigenvalue weighted by Gasteiger charge is -2.30. The van der Waals surface area contributed by atoms with Gasteiger partial charge in [-0.2, -0.15) is 0 Å². The van der Waals surface area contributed by atoms with Crippen LogP contribution in [-0.4, -0.2) is 0 Å². The number of hydrogen-bond acceptors (Lipinski definition) is 2. The van der Waals surface area contributed by atoms with E-state index in [9.17, 15) is 0 Å². The van der Waals surface area contributed by atoms with Gasteiger partial charge in [0, 0.05) is 47.9 Å². The van der Waals surface area contributed by atoms with Crippen LogP contribution in [0.15, 0.2) is 164 Å². The van der Waals surface area contributed by atoms with Crippen molar-refractivity contribution in [2.75, 3.05) is 4.90 Å². The van der Waals surface area contributed by atoms with Crippen LogP contribution < -0.4 is 4.90 Å². The van der Waals surface area contributed by atoms with Crippen molar-refractivity contribution in [3.63, 3.8) is 0 Å². The van der Waals surface area contributed by atoms with Crippen LogP contribution in [0.25, 0.3) is 64.3 Å². The number of hydrogen-bond donors (Lipinski definition) is 0. The Morgan fingerprint density at radius 2 is 1.06 bits per heavy atom. The second-order valence-electron chi connectivity index (χ2n) is 16.1. The van der Waals surface area contributed by atoms with Gasteiger partial charge in [0.2, 0.25) is 0 Å². The largest absolute Gasteiger partial charge is 0.310 e. The monoisotopic (exact) mass is 709 g/mol. The molecule has 0 bridgehead atoms. The zero-order valence-electron chi connectivity index (χ0n) is 30.9. The molecule has 0 fully saturated rings. The van der Waals surface area contributed by atoms with Crippen molar-refractivity contribution in [1.29, 1.82) is 0 Å². The van der Waals surface area contributed by atoms with E-state index in [4.69, 9.17) is 0 Å². The average molecular weight is 710 g/mol. The van der Waals surface area contributed by atoms with Crippen molar-refractivity contribution in [1.82, 2.24) is 0 Å². The van der Waals surface area contributed by atoms with Gasteiger partial charge < -0.3 is 4.90 Å². The summed E-state index contributed by atoms with van der Waals surface area (Å²) in [7, 11) is 0. The molecule has 0 atom stereocenters. The van der Waals surface area contributed by atoms with Crippen LogP contribution >= 0.6 is 11.3 Å². The van der Waals surface area contributed by atoms with Gasteiger partial charge in [-0.3, -0.25) is 0 Å². The van der Waals surface area contributed by atoms with Gasteiger partial charge in [0.15, 0.2) is 0 Å². The summed E-state index contributed by atoms with van der Waals surface area (Å²) in [5, 5.41) is 5.30. The molecule has 2 heteroatoms. The van der Waals surface area contributed by atoms with Gasteiger partial charge in [-0.05, 0) is 109 Å². The summed E-state index contributed by atoms with van der Waals surface area (Å²) in [6.07, 6.45) is 0. The van der Waals surface area contributed by atoms with Gasteiger partial charge in [-0.15, -0.1) is 11.3 Å². The quantitative estimate of drug-likeness (QED) is 0.176. The van der Waals surface area contributed by atoms with E-state index < -0.39 is 0 Å². The Kier molecular flexibility index (Phi) is 6.59. The van der Waals surface area contributed by atoms with E-state index >= 15 is 0 Å². The molecule has 8 aromatic carbocycles. The molecule has 1 aromatic heterocycles. The lowest BCUT2D eigenvalue weighted by atomic mass is 9.82. The summed E-state index contributed by atoms with van der Waals surface area (Å²) >= 11 is 1.88. The van der Waals surface area contributed by atoms with Crippen molar-refractivity contribution in [3.05, 3.63) is 186 Å². The third kappa shape index (κ3) is 4.38. The Labute approximate surface area is 320 Å². The first-order chi connectivity index (χ1) is 26.3. The first-order valence-electron chi connectivity index (χ1n) is 19.0. The van der Waals surface area contributed by atoms with Crippen LogP contribution in [0.3, 0.4) is 0 Å². The fourth-order valence-electron chi connectivity index (χ4n) is 9.71. The summed E-state index contributed by atoms with van der Waals surface area (Å²) in [4.78, 5) is 2.50. The molecule has 1 heterocycles. The Balaban J connectivity index is 1.09. The van der Waals surface area contributed by atoms with E-state index in [-0.39, 0.29) is 10.8 Å². The molecule has 0 amide bonds. The maximum atomic E-state index is 2.50. The van der Waals surface area contributed by atoms with Crippen LogP contribution in [-0.2, 0) is 10.8 Å². The van der Waals surface area contributed by atoms with E-state index in [0.29, 0.717) is 0 Å². The van der Waals surface area contributed by atoms with Crippen LogP contribution in [0.5, 0.6) is 0 Å². The van der Waals surface area contributed by atoms with Crippen LogP contribution in [0.4, 0.5) is 17.1 Å². The molecular formula is C52H39NS. The summed E-state index contributed by atoms with van der Waals surface area (Å²) in [5.41, 5.74) is 16.7. The molecule has 2 aliphatic carbocycles. The normalized spacial score (nSPS) is 14.6. The minimum atomic E-state index is -0.0973. The number of benzene rings is 8. The summed E-state index contributed by atoms with van der Waals surface area (Å²) in [6.45, 7) is 9.48. The zero-order chi connectivity index (χ0) is 36.3. The van der Waals surface area contributed by atoms with Crippen LogP contribution in [0.2, 0.25) is 0 Å². The SMILES string of the molecule is CC1(C)c2ccccc2-c2ccc(N(c3ccc(-c4ccc5ccc6sc7ccccc7c6c5c4)cc3)c3cccc4c3-c3ccccc3C4(C)C)cc21. The molecular weight excluding hydrogens is 671 g/mol. The number of anilines is 3. The highest BCUT2D eigenvalue weighted by molar-refractivity contribution is 7.26. The number of thiophene rings is 1. The highest BCUT2D eigenvalue weighted by Gasteiger charge is 2.39. The smallest absolute Gasteiger partial charge is 0.0543 e. The molecule has 0 radical (unpaired) electrons. The van der Waals surface area contributed by atoms with Gasteiger partial charge >= 0.3 is 0 Å². The van der Waals surface area contributed by atoms with Gasteiger partial charge in [0.05, 0.1) is 5.69 Å². The standard InChI is InChI=1S/C52H39NS/c1-51(2)43-16-9-6-13-39(43)50-44(51)17-11-18-46(50)53(36-27-28-38-37-12-5-8-15-42(37)52(3,4)45(38)31-36)35-25-22-32(23-26-35)34-21-20-33-24-29-48-49(41(33)30-34)40-14-7-10-19-47(40)54-48/h5-31H,1-4H3. The van der Waals surface area contributed by atoms with Gasteiger partial charge in [0.25, 0.3) is 0 Å². The zero-order valence-corrected chi connectivity index (χ0v) is 31.8. The fourth-order valence-corrected chi connectivity index (χ4v) is 10.8. The summed E-state index contributed by atoms with van der Waals surface area (Å²) in [6, 6.07) is 61.5. The average Bonchev–Trinajstić information content (AvgIpc) is 3.78. The molecule has 54 heavy (non-hydrogen) atoms. The predicted octanol–water partition coefficient (Wildman–Crippen LogP) is 15.0. The first kappa shape index (κ1) is 31.6. The van der Waals surface area contributed by atoms with Crippen LogP contribution in [0, 0.1) is 0 Å². The highest BCUT2D eigenvalue weighted by atomic mass is 32.1. The van der Waals surface area contributed by atoms with Gasteiger partial charge in [0.1, 0.15) is 0 Å². The Bertz CT molecular complexity index is 3000. The second kappa shape index (κ2) is 11.3. The molecule has 0 aliphatic heterocycles. The molecule has 0 N–H and O–H groups in total. The minimum Gasteiger partial charge on any atom is -0.310 e. The molecule has 0 saturated carbocycles. The number of fused-ring (bicyclic) bond motifs is 11. The third-order valence-corrected chi connectivity index (χ3v) is 13.6. The second-order valence-corrected chi connectivity index (χ2v) is 17.2. The van der Waals surface area contributed by atoms with Crippen molar-refractivity contribution >= 4 is 59.3 Å². The van der Waals surface area contributed by atoms with Crippen molar-refractivity contribution < 1.29 is 0 Å². The maximum Gasteiger partial charge on any atom is 0.0543 e. The van der Waals surface area contributed by atoms with Crippen molar-refractivity contribution in [3.8, 4) is 33.4 Å². The molecule has 258 valence electrons. The van der Waals surface area contributed by atoms with E-state index in [1.165, 1.54) is 98.0 Å². The van der Waals surface area contributed by atoms with E-state index in [2.05, 4.69) is 196 Å². The Hall–Kier alpha value is -5.96. The molecule has 2 aliphatic rings. The van der Waals surface area contributed by atoms with Gasteiger partial charge in [-0.25, -0.2) is 0 Å². The molecule has 1 nitrogen and oxygen atoms in total. The third-order valence-electron chi connectivity index (χ3n) is 12.5. The lowest BCUT2D eigenvalue weighted by Crippen LogP contribution is -2.17. The first-order valence-corrected chi connectivity index (χ1v) is 19.8. The number of nitrogens with zero attached hydrogens (tertiary/aromatic N) is 1. The van der Waals surface area contributed by atoms with Gasteiger partial charge in [-0.1, -0.05) is 143 Å². The minimum absolute atomic E-state index is 0.0890. The number of rotatable bonds is 4. The molecule has 0 spiro atoms. The Morgan fingerprint density at radius 3 is 1.89 bits per heavy atom. The summed E-state index contributed by atoms with van der Waals surface area (Å²) in [5.74, 6) is 0. The maximum absolute atomic E-state index is 2.50. The topological polar surface area (TPSA) is 3.24 Å². The molecule has 0 unspecified atom stereocenters. The molecule has 11 rings (SSSR count).